The molecule has 0 fully saturated rings. The topological polar surface area (TPSA) is 20.2 Å². The van der Waals surface area contributed by atoms with E-state index in [4.69, 9.17) is 11.6 Å². The van der Waals surface area contributed by atoms with Gasteiger partial charge >= 0.3 is 0 Å². The van der Waals surface area contributed by atoms with Gasteiger partial charge in [-0.05, 0) is 33.4 Å². The average molecular weight is 264 g/mol. The molecule has 0 atom stereocenters. The summed E-state index contributed by atoms with van der Waals surface area (Å²) in [7, 11) is 0. The molecule has 0 aliphatic carbocycles. The Morgan fingerprint density at radius 3 is 2.92 bits per heavy atom. The Morgan fingerprint density at radius 1 is 1.42 bits per heavy atom. The summed E-state index contributed by atoms with van der Waals surface area (Å²) in [6, 6.07) is 5.50. The van der Waals surface area contributed by atoms with Gasteiger partial charge in [0.25, 0.3) is 0 Å². The second kappa shape index (κ2) is 2.91. The Bertz CT molecular complexity index is 438. The average Bonchev–Trinajstić information content (AvgIpc) is 2.39. The van der Waals surface area contributed by atoms with Crippen LogP contribution in [0.15, 0.2) is 22.7 Å². The fourth-order valence-electron chi connectivity index (χ4n) is 1.03. The molecule has 2 rings (SSSR count). The molecule has 0 aliphatic heterocycles. The van der Waals surface area contributed by atoms with Gasteiger partial charge in [0.15, 0.2) is 5.06 Å². The molecule has 4 heteroatoms. The SMILES string of the molecule is Oc1cc2ccc(Br)c(Cl)c2s1. The van der Waals surface area contributed by atoms with Crippen LogP contribution in [0.5, 0.6) is 5.06 Å². The van der Waals surface area contributed by atoms with E-state index in [1.165, 1.54) is 11.3 Å². The fourth-order valence-corrected chi connectivity index (χ4v) is 2.62. The van der Waals surface area contributed by atoms with Gasteiger partial charge in [0.1, 0.15) is 0 Å². The van der Waals surface area contributed by atoms with Gasteiger partial charge in [-0.15, -0.1) is 0 Å². The lowest BCUT2D eigenvalue weighted by molar-refractivity contribution is 0.491. The summed E-state index contributed by atoms with van der Waals surface area (Å²) in [5.41, 5.74) is 0. The largest absolute Gasteiger partial charge is 0.499 e. The van der Waals surface area contributed by atoms with Crippen LogP contribution in [0.3, 0.4) is 0 Å². The van der Waals surface area contributed by atoms with E-state index < -0.39 is 0 Å². The van der Waals surface area contributed by atoms with Crippen LogP contribution in [-0.2, 0) is 0 Å². The molecule has 12 heavy (non-hydrogen) atoms. The molecule has 0 amide bonds. The predicted octanol–water partition coefficient (Wildman–Crippen LogP) is 4.02. The Kier molecular flexibility index (Phi) is 2.02. The summed E-state index contributed by atoms with van der Waals surface area (Å²) in [4.78, 5) is 0. The van der Waals surface area contributed by atoms with Crippen molar-refractivity contribution in [1.29, 1.82) is 0 Å². The van der Waals surface area contributed by atoms with Crippen LogP contribution >= 0.6 is 38.9 Å². The molecule has 62 valence electrons. The van der Waals surface area contributed by atoms with E-state index in [2.05, 4.69) is 15.9 Å². The molecular weight excluding hydrogens is 260 g/mol. The highest BCUT2D eigenvalue weighted by molar-refractivity contribution is 9.10. The normalized spacial score (nSPS) is 10.8. The van der Waals surface area contributed by atoms with Crippen molar-refractivity contribution in [1.82, 2.24) is 0 Å². The van der Waals surface area contributed by atoms with Gasteiger partial charge in [-0.1, -0.05) is 29.0 Å². The Balaban J connectivity index is 2.89. The van der Waals surface area contributed by atoms with Gasteiger partial charge in [0, 0.05) is 4.47 Å². The van der Waals surface area contributed by atoms with Crippen molar-refractivity contribution >= 4 is 49.0 Å². The van der Waals surface area contributed by atoms with E-state index in [1.54, 1.807) is 6.07 Å². The zero-order valence-corrected chi connectivity index (χ0v) is 9.00. The fraction of sp³-hybridized carbons (Fsp3) is 0. The van der Waals surface area contributed by atoms with E-state index in [-0.39, 0.29) is 0 Å². The van der Waals surface area contributed by atoms with Gasteiger partial charge < -0.3 is 5.11 Å². The third kappa shape index (κ3) is 1.22. The second-order valence-corrected chi connectivity index (χ2v) is 4.63. The summed E-state index contributed by atoms with van der Waals surface area (Å²) in [6.45, 7) is 0. The number of hydrogen-bond donors (Lipinski definition) is 1. The molecule has 1 heterocycles. The lowest BCUT2D eigenvalue weighted by Gasteiger charge is -1.94. The molecule has 1 aromatic heterocycles. The van der Waals surface area contributed by atoms with Crippen molar-refractivity contribution in [3.05, 3.63) is 27.7 Å². The smallest absolute Gasteiger partial charge is 0.172 e. The maximum atomic E-state index is 9.22. The van der Waals surface area contributed by atoms with Gasteiger partial charge in [0.2, 0.25) is 0 Å². The lowest BCUT2D eigenvalue weighted by Crippen LogP contribution is -1.67. The van der Waals surface area contributed by atoms with Crippen molar-refractivity contribution in [3.8, 4) is 5.06 Å². The summed E-state index contributed by atoms with van der Waals surface area (Å²) in [6.07, 6.45) is 0. The minimum Gasteiger partial charge on any atom is -0.499 e. The van der Waals surface area contributed by atoms with E-state index in [0.717, 1.165) is 14.6 Å². The first-order valence-electron chi connectivity index (χ1n) is 3.25. The number of halogens is 2. The van der Waals surface area contributed by atoms with Crippen LogP contribution in [0.4, 0.5) is 0 Å². The molecule has 0 spiro atoms. The molecule has 0 bridgehead atoms. The first kappa shape index (κ1) is 8.35. The van der Waals surface area contributed by atoms with Crippen LogP contribution in [0, 0.1) is 0 Å². The van der Waals surface area contributed by atoms with E-state index in [0.29, 0.717) is 10.1 Å². The van der Waals surface area contributed by atoms with E-state index in [1.807, 2.05) is 12.1 Å². The third-order valence-electron chi connectivity index (χ3n) is 1.57. The van der Waals surface area contributed by atoms with E-state index in [9.17, 15) is 5.11 Å². The number of benzene rings is 1. The Hall–Kier alpha value is -0.250. The maximum Gasteiger partial charge on any atom is 0.172 e. The first-order valence-corrected chi connectivity index (χ1v) is 5.24. The number of hydrogen-bond acceptors (Lipinski definition) is 2. The molecule has 1 nitrogen and oxygen atoms in total. The van der Waals surface area contributed by atoms with Crippen molar-refractivity contribution in [2.24, 2.45) is 0 Å². The maximum absolute atomic E-state index is 9.22. The molecule has 1 aromatic carbocycles. The summed E-state index contributed by atoms with van der Waals surface area (Å²) in [5.74, 6) is 0. The molecule has 0 radical (unpaired) electrons. The molecule has 2 aromatic rings. The highest BCUT2D eigenvalue weighted by Gasteiger charge is 2.06. The summed E-state index contributed by atoms with van der Waals surface area (Å²) in [5, 5.41) is 11.2. The van der Waals surface area contributed by atoms with Crippen molar-refractivity contribution in [2.45, 2.75) is 0 Å². The van der Waals surface area contributed by atoms with Crippen LogP contribution in [0.25, 0.3) is 10.1 Å². The molecular formula is C8H4BrClOS. The molecule has 0 saturated heterocycles. The quantitative estimate of drug-likeness (QED) is 0.761. The van der Waals surface area contributed by atoms with E-state index >= 15 is 0 Å². The highest BCUT2D eigenvalue weighted by Crippen LogP contribution is 2.38. The van der Waals surface area contributed by atoms with Crippen LogP contribution in [-0.4, -0.2) is 5.11 Å². The standard InChI is InChI=1S/C8H4BrClOS/c9-5-2-1-4-3-6(11)12-8(4)7(5)10/h1-3,11H. The molecule has 0 aliphatic rings. The molecule has 0 unspecified atom stereocenters. The van der Waals surface area contributed by atoms with Gasteiger partial charge in [0.05, 0.1) is 9.72 Å². The highest BCUT2D eigenvalue weighted by atomic mass is 79.9. The minimum atomic E-state index is 0.296. The zero-order valence-electron chi connectivity index (χ0n) is 5.84. The van der Waals surface area contributed by atoms with Crippen molar-refractivity contribution < 1.29 is 5.11 Å². The second-order valence-electron chi connectivity index (χ2n) is 2.36. The zero-order chi connectivity index (χ0) is 8.72. The first-order chi connectivity index (χ1) is 5.68. The van der Waals surface area contributed by atoms with Crippen molar-refractivity contribution in [3.63, 3.8) is 0 Å². The third-order valence-corrected chi connectivity index (χ3v) is 3.93. The van der Waals surface area contributed by atoms with Crippen molar-refractivity contribution in [2.75, 3.05) is 0 Å². The summed E-state index contributed by atoms with van der Waals surface area (Å²) >= 11 is 10.6. The molecule has 0 saturated carbocycles. The lowest BCUT2D eigenvalue weighted by atomic mass is 10.3. The number of rotatable bonds is 0. The van der Waals surface area contributed by atoms with Crippen LogP contribution < -0.4 is 0 Å². The van der Waals surface area contributed by atoms with Gasteiger partial charge in [-0.3, -0.25) is 0 Å². The predicted molar refractivity (Wildman–Crippen MR) is 56.2 cm³/mol. The Morgan fingerprint density at radius 2 is 2.17 bits per heavy atom. The Labute approximate surface area is 86.7 Å². The van der Waals surface area contributed by atoms with Crippen LogP contribution in [0.2, 0.25) is 5.02 Å². The number of aromatic hydroxyl groups is 1. The number of thiophene rings is 1. The summed E-state index contributed by atoms with van der Waals surface area (Å²) < 4.78 is 1.78. The molecule has 1 N–H and O–H groups in total. The van der Waals surface area contributed by atoms with Gasteiger partial charge in [-0.2, -0.15) is 0 Å². The van der Waals surface area contributed by atoms with Crippen LogP contribution in [0.1, 0.15) is 0 Å². The van der Waals surface area contributed by atoms with Gasteiger partial charge in [-0.25, -0.2) is 0 Å². The number of fused-ring (bicyclic) bond motifs is 1. The monoisotopic (exact) mass is 262 g/mol. The minimum absolute atomic E-state index is 0.296.